The third kappa shape index (κ3) is 3.52. The van der Waals surface area contributed by atoms with E-state index in [0.29, 0.717) is 30.0 Å². The summed E-state index contributed by atoms with van der Waals surface area (Å²) in [5.74, 6) is -0.116. The van der Waals surface area contributed by atoms with Gasteiger partial charge in [-0.15, -0.1) is 0 Å². The number of carboxylic acids is 1. The molecule has 174 valence electrons. The lowest BCUT2D eigenvalue weighted by Gasteiger charge is -2.32. The first-order valence-corrected chi connectivity index (χ1v) is 11.6. The maximum atomic E-state index is 12.2. The minimum atomic E-state index is -0.897. The van der Waals surface area contributed by atoms with Crippen LogP contribution in [0.2, 0.25) is 0 Å². The molecule has 5 rings (SSSR count). The number of aliphatic carboxylic acids is 1. The first-order valence-electron chi connectivity index (χ1n) is 11.6. The van der Waals surface area contributed by atoms with Crippen molar-refractivity contribution in [2.75, 3.05) is 7.11 Å². The molecule has 1 aliphatic carbocycles. The third-order valence-electron chi connectivity index (χ3n) is 7.22. The summed E-state index contributed by atoms with van der Waals surface area (Å²) in [7, 11) is 1.64. The number of nitrogens with zero attached hydrogens (tertiary/aromatic N) is 3. The van der Waals surface area contributed by atoms with E-state index in [1.165, 1.54) is 5.56 Å². The Balaban J connectivity index is 1.60. The number of carboxylic acid groups (broad SMARTS) is 1. The molecule has 0 radical (unpaired) electrons. The van der Waals surface area contributed by atoms with Crippen LogP contribution >= 0.6 is 0 Å². The van der Waals surface area contributed by atoms with Crippen LogP contribution in [0.5, 0.6) is 5.75 Å². The molecule has 0 unspecified atom stereocenters. The number of methoxy groups -OCH3 is 1. The Morgan fingerprint density at radius 3 is 2.56 bits per heavy atom. The maximum Gasteiger partial charge on any atom is 0.315 e. The van der Waals surface area contributed by atoms with Gasteiger partial charge in [0.15, 0.2) is 0 Å². The minimum Gasteiger partial charge on any atom is -0.494 e. The van der Waals surface area contributed by atoms with E-state index in [1.54, 1.807) is 13.3 Å². The number of hydrogen-bond donors (Lipinski definition) is 2. The number of nitrogens with one attached hydrogen (secondary N) is 1. The number of pyridine rings is 2. The molecule has 3 heterocycles. The molecular weight excluding hydrogens is 428 g/mol. The standard InChI is InChI=1S/C27H28N4O3/c1-16-8-7-9-19(17(16)2)24-21(34-3)14-20-25(29-24)23(31-30-20)18-10-11-22(28-15-18)27(26(32)33)12-5-4-6-13-27/h7-11,14-15H,4-6,12-13H2,1-3H3,(H,30,31)(H,32,33). The van der Waals surface area contributed by atoms with Crippen molar-refractivity contribution in [3.05, 3.63) is 59.4 Å². The van der Waals surface area contributed by atoms with E-state index in [0.717, 1.165) is 52.7 Å². The number of rotatable bonds is 5. The van der Waals surface area contributed by atoms with E-state index in [1.807, 2.05) is 30.3 Å². The van der Waals surface area contributed by atoms with E-state index in [2.05, 4.69) is 35.1 Å². The van der Waals surface area contributed by atoms with Crippen LogP contribution in [0.4, 0.5) is 0 Å². The molecule has 1 aliphatic rings. The van der Waals surface area contributed by atoms with E-state index in [-0.39, 0.29) is 0 Å². The first-order chi connectivity index (χ1) is 16.4. The highest BCUT2D eigenvalue weighted by molar-refractivity contribution is 5.93. The second-order valence-corrected chi connectivity index (χ2v) is 9.14. The topological polar surface area (TPSA) is 101 Å². The van der Waals surface area contributed by atoms with Gasteiger partial charge in [-0.2, -0.15) is 5.10 Å². The Morgan fingerprint density at radius 2 is 1.88 bits per heavy atom. The molecule has 1 fully saturated rings. The quantitative estimate of drug-likeness (QED) is 0.405. The van der Waals surface area contributed by atoms with Crippen LogP contribution in [-0.2, 0) is 10.2 Å². The van der Waals surface area contributed by atoms with Crippen LogP contribution in [0.15, 0.2) is 42.6 Å². The van der Waals surface area contributed by atoms with Crippen molar-refractivity contribution in [3.8, 4) is 28.3 Å². The Hall–Kier alpha value is -3.74. The zero-order valence-electron chi connectivity index (χ0n) is 19.7. The Morgan fingerprint density at radius 1 is 1.09 bits per heavy atom. The molecular formula is C27H28N4O3. The van der Waals surface area contributed by atoms with Gasteiger partial charge >= 0.3 is 5.97 Å². The second kappa shape index (κ2) is 8.56. The van der Waals surface area contributed by atoms with Crippen LogP contribution in [-0.4, -0.2) is 38.4 Å². The molecule has 0 saturated heterocycles. The van der Waals surface area contributed by atoms with Gasteiger partial charge in [0.25, 0.3) is 0 Å². The number of benzene rings is 1. The molecule has 1 saturated carbocycles. The molecule has 0 amide bonds. The molecule has 7 nitrogen and oxygen atoms in total. The summed E-state index contributed by atoms with van der Waals surface area (Å²) in [4.78, 5) is 21.7. The van der Waals surface area contributed by atoms with Gasteiger partial charge in [0.1, 0.15) is 28.1 Å². The number of aryl methyl sites for hydroxylation is 1. The fraction of sp³-hybridized carbons (Fsp3) is 0.333. The second-order valence-electron chi connectivity index (χ2n) is 9.14. The van der Waals surface area contributed by atoms with Gasteiger partial charge in [-0.25, -0.2) is 4.98 Å². The number of carbonyl (C=O) groups is 1. The van der Waals surface area contributed by atoms with Crippen LogP contribution in [0.1, 0.15) is 48.9 Å². The summed E-state index contributed by atoms with van der Waals surface area (Å²) < 4.78 is 5.66. The van der Waals surface area contributed by atoms with Crippen molar-refractivity contribution in [2.24, 2.45) is 0 Å². The highest BCUT2D eigenvalue weighted by atomic mass is 16.5. The molecule has 0 aliphatic heterocycles. The fourth-order valence-electron chi connectivity index (χ4n) is 5.04. The summed E-state index contributed by atoms with van der Waals surface area (Å²) in [6.07, 6.45) is 5.86. The number of H-pyrrole nitrogens is 1. The molecule has 0 spiro atoms. The number of ether oxygens (including phenoxy) is 1. The number of fused-ring (bicyclic) bond motifs is 1. The van der Waals surface area contributed by atoms with Crippen LogP contribution in [0.3, 0.4) is 0 Å². The van der Waals surface area contributed by atoms with Crippen LogP contribution in [0.25, 0.3) is 33.5 Å². The smallest absolute Gasteiger partial charge is 0.315 e. The summed E-state index contributed by atoms with van der Waals surface area (Å²) >= 11 is 0. The lowest BCUT2D eigenvalue weighted by molar-refractivity contribution is -0.145. The average Bonchev–Trinajstić information content (AvgIpc) is 3.28. The Kier molecular flexibility index (Phi) is 5.55. The molecule has 0 bridgehead atoms. The lowest BCUT2D eigenvalue weighted by Crippen LogP contribution is -2.38. The van der Waals surface area contributed by atoms with Gasteiger partial charge in [-0.1, -0.05) is 37.5 Å². The molecule has 7 heteroatoms. The van der Waals surface area contributed by atoms with E-state index in [4.69, 9.17) is 9.72 Å². The van der Waals surface area contributed by atoms with Gasteiger partial charge in [0.05, 0.1) is 18.3 Å². The molecule has 4 aromatic rings. The van der Waals surface area contributed by atoms with Gasteiger partial charge in [0, 0.05) is 23.4 Å². The fourth-order valence-corrected chi connectivity index (χ4v) is 5.04. The largest absolute Gasteiger partial charge is 0.494 e. The average molecular weight is 457 g/mol. The molecule has 1 aromatic carbocycles. The summed E-state index contributed by atoms with van der Waals surface area (Å²) in [6.45, 7) is 4.16. The highest BCUT2D eigenvalue weighted by Crippen LogP contribution is 2.40. The minimum absolute atomic E-state index is 0.619. The van der Waals surface area contributed by atoms with Crippen molar-refractivity contribution >= 4 is 17.0 Å². The molecule has 2 N–H and O–H groups in total. The summed E-state index contributed by atoms with van der Waals surface area (Å²) in [5, 5.41) is 17.6. The SMILES string of the molecule is COc1cc2[nH]nc(-c3ccc(C4(C(=O)O)CCCCC4)nc3)c2nc1-c1cccc(C)c1C. The zero-order valence-corrected chi connectivity index (χ0v) is 19.7. The number of aromatic amines is 1. The number of aromatic nitrogens is 4. The zero-order chi connectivity index (χ0) is 23.9. The lowest BCUT2D eigenvalue weighted by atomic mass is 9.71. The predicted octanol–water partition coefficient (Wildman–Crippen LogP) is 5.60. The van der Waals surface area contributed by atoms with Gasteiger partial charge in [-0.05, 0) is 49.9 Å². The van der Waals surface area contributed by atoms with Crippen molar-refractivity contribution < 1.29 is 14.6 Å². The Labute approximate surface area is 198 Å². The molecule has 0 atom stereocenters. The van der Waals surface area contributed by atoms with Gasteiger partial charge in [-0.3, -0.25) is 14.9 Å². The van der Waals surface area contributed by atoms with Crippen molar-refractivity contribution in [1.82, 2.24) is 20.2 Å². The Bertz CT molecular complexity index is 1370. The van der Waals surface area contributed by atoms with E-state index >= 15 is 0 Å². The van der Waals surface area contributed by atoms with Crippen molar-refractivity contribution in [1.29, 1.82) is 0 Å². The first kappa shape index (κ1) is 22.1. The number of hydrogen-bond acceptors (Lipinski definition) is 5. The van der Waals surface area contributed by atoms with Crippen LogP contribution in [0, 0.1) is 13.8 Å². The normalized spacial score (nSPS) is 15.4. The predicted molar refractivity (Wildman–Crippen MR) is 131 cm³/mol. The molecule has 34 heavy (non-hydrogen) atoms. The third-order valence-corrected chi connectivity index (χ3v) is 7.22. The van der Waals surface area contributed by atoms with Crippen LogP contribution < -0.4 is 4.74 Å². The van der Waals surface area contributed by atoms with Crippen molar-refractivity contribution in [3.63, 3.8) is 0 Å². The van der Waals surface area contributed by atoms with Gasteiger partial charge < -0.3 is 9.84 Å². The van der Waals surface area contributed by atoms with E-state index in [9.17, 15) is 9.90 Å². The highest BCUT2D eigenvalue weighted by Gasteiger charge is 2.42. The monoisotopic (exact) mass is 456 g/mol. The molecule has 3 aromatic heterocycles. The van der Waals surface area contributed by atoms with Crippen molar-refractivity contribution in [2.45, 2.75) is 51.4 Å². The van der Waals surface area contributed by atoms with E-state index < -0.39 is 11.4 Å². The summed E-state index contributed by atoms with van der Waals surface area (Å²) in [6, 6.07) is 11.8. The maximum absolute atomic E-state index is 12.2. The summed E-state index contributed by atoms with van der Waals surface area (Å²) in [5.41, 5.74) is 6.78. The van der Waals surface area contributed by atoms with Gasteiger partial charge in [0.2, 0.25) is 0 Å².